The molecule has 1 N–H and O–H groups in total. The van der Waals surface area contributed by atoms with E-state index in [0.29, 0.717) is 28.7 Å². The monoisotopic (exact) mass is 582 g/mol. The number of ether oxygens (including phenoxy) is 2. The summed E-state index contributed by atoms with van der Waals surface area (Å²) in [7, 11) is -1.04. The number of sulfone groups is 1. The molecular weight excluding hydrogens is 555 g/mol. The molecule has 5 rings (SSSR count). The standard InChI is InChI=1S/C27H27FN6O6S/c1-16-7-8-23(40-16)27-32-31-24(34(27)25-21(38-2)5-4-6-22(25)39-3)15-41(36,37)20-10-19(35)13-33(14-20)26-17(11-29)9-18(28)12-30-26/h4-9,12,19-20,35H,10,13-15H2,1-3H3/t19-,20+/m1/s1. The molecule has 14 heteroatoms. The Hall–Kier alpha value is -4.48. The number of anilines is 1. The van der Waals surface area contributed by atoms with E-state index in [2.05, 4.69) is 15.2 Å². The Kier molecular flexibility index (Phi) is 7.65. The van der Waals surface area contributed by atoms with Crippen LogP contribution in [0.5, 0.6) is 11.5 Å². The highest BCUT2D eigenvalue weighted by Gasteiger charge is 2.38. The second-order valence-electron chi connectivity index (χ2n) is 9.56. The van der Waals surface area contributed by atoms with Gasteiger partial charge in [0.05, 0.1) is 37.3 Å². The van der Waals surface area contributed by atoms with E-state index in [0.717, 1.165) is 12.3 Å². The van der Waals surface area contributed by atoms with Gasteiger partial charge < -0.3 is 23.9 Å². The van der Waals surface area contributed by atoms with Gasteiger partial charge in [-0.1, -0.05) is 6.07 Å². The number of pyridine rings is 1. The molecule has 0 bridgehead atoms. The van der Waals surface area contributed by atoms with E-state index in [4.69, 9.17) is 13.9 Å². The number of rotatable bonds is 8. The first-order valence-electron chi connectivity index (χ1n) is 12.6. The van der Waals surface area contributed by atoms with Crippen LogP contribution in [0, 0.1) is 24.1 Å². The van der Waals surface area contributed by atoms with E-state index in [1.165, 1.54) is 23.7 Å². The number of hydrogen-bond acceptors (Lipinski definition) is 11. The van der Waals surface area contributed by atoms with Crippen molar-refractivity contribution in [2.75, 3.05) is 32.2 Å². The van der Waals surface area contributed by atoms with Crippen LogP contribution in [0.25, 0.3) is 17.3 Å². The molecule has 1 aliphatic heterocycles. The van der Waals surface area contributed by atoms with Crippen molar-refractivity contribution < 1.29 is 31.8 Å². The molecule has 3 aromatic heterocycles. The van der Waals surface area contributed by atoms with Gasteiger partial charge >= 0.3 is 0 Å². The third kappa shape index (κ3) is 5.46. The molecule has 1 aliphatic rings. The van der Waals surface area contributed by atoms with Gasteiger partial charge in [-0.05, 0) is 43.7 Å². The molecule has 1 saturated heterocycles. The quantitative estimate of drug-likeness (QED) is 0.326. The Morgan fingerprint density at radius 3 is 2.54 bits per heavy atom. The fourth-order valence-electron chi connectivity index (χ4n) is 4.94. The Morgan fingerprint density at radius 1 is 1.17 bits per heavy atom. The molecule has 12 nitrogen and oxygen atoms in total. The Balaban J connectivity index is 1.56. The highest BCUT2D eigenvalue weighted by molar-refractivity contribution is 7.91. The highest BCUT2D eigenvalue weighted by atomic mass is 32.2. The van der Waals surface area contributed by atoms with Gasteiger partial charge in [-0.25, -0.2) is 17.8 Å². The van der Waals surface area contributed by atoms with Gasteiger partial charge in [-0.2, -0.15) is 5.26 Å². The van der Waals surface area contributed by atoms with Crippen LogP contribution >= 0.6 is 0 Å². The number of halogens is 1. The van der Waals surface area contributed by atoms with Crippen LogP contribution in [0.15, 0.2) is 47.0 Å². The van der Waals surface area contributed by atoms with Crippen molar-refractivity contribution in [2.24, 2.45) is 0 Å². The number of β-amino-alcohol motifs (C(OH)–C–C–N with tert-alkyl or cyclic N) is 1. The number of nitrogens with zero attached hydrogens (tertiary/aromatic N) is 6. The van der Waals surface area contributed by atoms with E-state index >= 15 is 0 Å². The maximum absolute atomic E-state index is 13.9. The van der Waals surface area contributed by atoms with Gasteiger partial charge in [0.2, 0.25) is 5.82 Å². The zero-order valence-corrected chi connectivity index (χ0v) is 23.3. The Morgan fingerprint density at radius 2 is 1.90 bits per heavy atom. The zero-order chi connectivity index (χ0) is 29.3. The van der Waals surface area contributed by atoms with Crippen molar-refractivity contribution in [3.05, 3.63) is 65.6 Å². The minimum Gasteiger partial charge on any atom is -0.494 e. The van der Waals surface area contributed by atoms with E-state index in [1.54, 1.807) is 37.3 Å². The number of aliphatic hydroxyl groups is 1. The first-order chi connectivity index (χ1) is 19.6. The number of benzene rings is 1. The highest BCUT2D eigenvalue weighted by Crippen LogP contribution is 2.37. The first-order valence-corrected chi connectivity index (χ1v) is 14.3. The third-order valence-electron chi connectivity index (χ3n) is 6.80. The number of aromatic nitrogens is 4. The van der Waals surface area contributed by atoms with Crippen LogP contribution in [0.4, 0.5) is 10.2 Å². The van der Waals surface area contributed by atoms with Gasteiger partial charge in [0.1, 0.15) is 46.4 Å². The van der Waals surface area contributed by atoms with Crippen LogP contribution in [0.1, 0.15) is 23.6 Å². The number of nitriles is 1. The maximum atomic E-state index is 13.9. The summed E-state index contributed by atoms with van der Waals surface area (Å²) in [5.74, 6) is 0.928. The van der Waals surface area contributed by atoms with Gasteiger partial charge in [0.15, 0.2) is 21.4 Å². The second-order valence-corrected chi connectivity index (χ2v) is 11.8. The summed E-state index contributed by atoms with van der Waals surface area (Å²) in [5.41, 5.74) is 0.327. The second kappa shape index (κ2) is 11.2. The lowest BCUT2D eigenvalue weighted by Gasteiger charge is -2.36. The molecule has 214 valence electrons. The van der Waals surface area contributed by atoms with Gasteiger partial charge in [-0.3, -0.25) is 4.57 Å². The van der Waals surface area contributed by atoms with Crippen molar-refractivity contribution in [1.29, 1.82) is 5.26 Å². The Bertz CT molecular complexity index is 1710. The molecule has 41 heavy (non-hydrogen) atoms. The third-order valence-corrected chi connectivity index (χ3v) is 8.82. The van der Waals surface area contributed by atoms with Crippen LogP contribution < -0.4 is 14.4 Å². The van der Waals surface area contributed by atoms with E-state index in [9.17, 15) is 23.2 Å². The summed E-state index contributed by atoms with van der Waals surface area (Å²) in [5, 5.41) is 27.5. The predicted molar refractivity (Wildman–Crippen MR) is 145 cm³/mol. The largest absolute Gasteiger partial charge is 0.494 e. The number of furan rings is 1. The summed E-state index contributed by atoms with van der Waals surface area (Å²) in [4.78, 5) is 5.48. The first kappa shape index (κ1) is 28.1. The molecule has 0 unspecified atom stereocenters. The van der Waals surface area contributed by atoms with Crippen molar-refractivity contribution in [1.82, 2.24) is 19.7 Å². The summed E-state index contributed by atoms with van der Waals surface area (Å²) in [6.07, 6.45) is -0.129. The van der Waals surface area contributed by atoms with Gasteiger partial charge in [-0.15, -0.1) is 10.2 Å². The van der Waals surface area contributed by atoms with E-state index < -0.39 is 32.8 Å². The van der Waals surface area contributed by atoms with Crippen molar-refractivity contribution in [2.45, 2.75) is 30.5 Å². The lowest BCUT2D eigenvalue weighted by molar-refractivity contribution is 0.154. The summed E-state index contributed by atoms with van der Waals surface area (Å²) < 4.78 is 59.9. The maximum Gasteiger partial charge on any atom is 0.204 e. The number of aliphatic hydroxyl groups excluding tert-OH is 1. The van der Waals surface area contributed by atoms with Crippen LogP contribution in [-0.4, -0.2) is 71.9 Å². The number of piperidine rings is 1. The molecule has 4 heterocycles. The molecule has 0 amide bonds. The van der Waals surface area contributed by atoms with Crippen molar-refractivity contribution in [3.63, 3.8) is 0 Å². The molecule has 0 radical (unpaired) electrons. The molecule has 1 fully saturated rings. The fourth-order valence-corrected chi connectivity index (χ4v) is 6.64. The summed E-state index contributed by atoms with van der Waals surface area (Å²) in [6, 6.07) is 11.5. The van der Waals surface area contributed by atoms with Crippen LogP contribution in [0.2, 0.25) is 0 Å². The lowest BCUT2D eigenvalue weighted by Crippen LogP contribution is -2.49. The average Bonchev–Trinajstić information content (AvgIpc) is 3.57. The molecule has 0 aliphatic carbocycles. The molecule has 1 aromatic carbocycles. The minimum absolute atomic E-state index is 0.0376. The smallest absolute Gasteiger partial charge is 0.204 e. The fraction of sp³-hybridized carbons (Fsp3) is 0.333. The zero-order valence-electron chi connectivity index (χ0n) is 22.5. The summed E-state index contributed by atoms with van der Waals surface area (Å²) >= 11 is 0. The van der Waals surface area contributed by atoms with Crippen LogP contribution in [0.3, 0.4) is 0 Å². The van der Waals surface area contributed by atoms with E-state index in [1.807, 2.05) is 6.07 Å². The predicted octanol–water partition coefficient (Wildman–Crippen LogP) is 2.81. The number of methoxy groups -OCH3 is 2. The topological polar surface area (TPSA) is 157 Å². The van der Waals surface area contributed by atoms with Crippen molar-refractivity contribution >= 4 is 15.7 Å². The van der Waals surface area contributed by atoms with Crippen molar-refractivity contribution in [3.8, 4) is 34.8 Å². The molecule has 0 spiro atoms. The van der Waals surface area contributed by atoms with E-state index in [-0.39, 0.29) is 42.5 Å². The Labute approximate surface area is 235 Å². The number of aryl methyl sites for hydroxylation is 1. The minimum atomic E-state index is -3.99. The molecular formula is C27H27FN6O6S. The number of hydrogen-bond donors (Lipinski definition) is 1. The molecule has 4 aromatic rings. The number of para-hydroxylation sites is 1. The summed E-state index contributed by atoms with van der Waals surface area (Å²) in [6.45, 7) is 1.74. The van der Waals surface area contributed by atoms with Crippen LogP contribution in [-0.2, 0) is 15.6 Å². The SMILES string of the molecule is COc1cccc(OC)c1-n1c(CS(=O)(=O)[C@H]2C[C@@H](O)CN(c3ncc(F)cc3C#N)C2)nnc1-c1ccc(C)o1. The normalized spacial score (nSPS) is 17.3. The van der Waals surface area contributed by atoms with Gasteiger partial charge in [0.25, 0.3) is 0 Å². The molecule has 0 saturated carbocycles. The van der Waals surface area contributed by atoms with Gasteiger partial charge in [0, 0.05) is 13.1 Å². The molecule has 2 atom stereocenters. The lowest BCUT2D eigenvalue weighted by atomic mass is 10.1. The average molecular weight is 583 g/mol.